The van der Waals surface area contributed by atoms with Gasteiger partial charge in [0.15, 0.2) is 0 Å². The van der Waals surface area contributed by atoms with Crippen molar-refractivity contribution in [2.75, 3.05) is 19.6 Å². The lowest BCUT2D eigenvalue weighted by Gasteiger charge is -2.30. The lowest BCUT2D eigenvalue weighted by Crippen LogP contribution is -2.40. The summed E-state index contributed by atoms with van der Waals surface area (Å²) in [6, 6.07) is 15.7. The summed E-state index contributed by atoms with van der Waals surface area (Å²) in [6.45, 7) is 3.80. The Kier molecular flexibility index (Phi) is 5.28. The molecule has 23 heavy (non-hydrogen) atoms. The number of nitrogens with zero attached hydrogens (tertiary/aromatic N) is 1. The van der Waals surface area contributed by atoms with Gasteiger partial charge >= 0.3 is 0 Å². The average molecular weight is 312 g/mol. The molecule has 2 aromatic rings. The third-order valence-electron chi connectivity index (χ3n) is 4.30. The third kappa shape index (κ3) is 4.55. The molecule has 1 aliphatic heterocycles. The van der Waals surface area contributed by atoms with Crippen molar-refractivity contribution in [3.63, 3.8) is 0 Å². The summed E-state index contributed by atoms with van der Waals surface area (Å²) >= 11 is 0. The van der Waals surface area contributed by atoms with Crippen molar-refractivity contribution in [3.8, 4) is 5.75 Å². The van der Waals surface area contributed by atoms with Gasteiger partial charge in [-0.25, -0.2) is 0 Å². The second kappa shape index (κ2) is 7.59. The van der Waals surface area contributed by atoms with Crippen molar-refractivity contribution < 1.29 is 10.2 Å². The number of benzene rings is 2. The molecule has 0 amide bonds. The van der Waals surface area contributed by atoms with Crippen LogP contribution in [0.1, 0.15) is 16.7 Å². The van der Waals surface area contributed by atoms with E-state index in [1.807, 2.05) is 12.1 Å². The Labute approximate surface area is 137 Å². The fourth-order valence-corrected chi connectivity index (χ4v) is 3.12. The number of hydrogen-bond donors (Lipinski definition) is 3. The molecule has 0 aromatic heterocycles. The fraction of sp³-hybridized carbons (Fsp3) is 0.368. The molecule has 1 aliphatic rings. The van der Waals surface area contributed by atoms with Crippen molar-refractivity contribution in [1.82, 2.24) is 10.2 Å². The third-order valence-corrected chi connectivity index (χ3v) is 4.30. The van der Waals surface area contributed by atoms with Crippen LogP contribution in [0, 0.1) is 0 Å². The highest BCUT2D eigenvalue weighted by atomic mass is 16.3. The minimum absolute atomic E-state index is 0.275. The Morgan fingerprint density at radius 1 is 1.09 bits per heavy atom. The van der Waals surface area contributed by atoms with Crippen LogP contribution in [0.5, 0.6) is 5.75 Å². The van der Waals surface area contributed by atoms with Crippen LogP contribution >= 0.6 is 0 Å². The van der Waals surface area contributed by atoms with Crippen molar-refractivity contribution in [2.24, 2.45) is 0 Å². The van der Waals surface area contributed by atoms with E-state index in [2.05, 4.69) is 34.5 Å². The van der Waals surface area contributed by atoms with Gasteiger partial charge in [-0.15, -0.1) is 0 Å². The molecule has 0 saturated heterocycles. The summed E-state index contributed by atoms with van der Waals surface area (Å²) in [4.78, 5) is 2.31. The topological polar surface area (TPSA) is 55.7 Å². The highest BCUT2D eigenvalue weighted by Gasteiger charge is 2.18. The van der Waals surface area contributed by atoms with E-state index in [1.165, 1.54) is 11.1 Å². The molecular weight excluding hydrogens is 288 g/mol. The van der Waals surface area contributed by atoms with Gasteiger partial charge in [0.2, 0.25) is 0 Å². The van der Waals surface area contributed by atoms with Crippen LogP contribution in [-0.2, 0) is 19.5 Å². The van der Waals surface area contributed by atoms with Gasteiger partial charge in [-0.2, -0.15) is 0 Å². The number of phenolic OH excluding ortho intramolecular Hbond substituents is 1. The molecule has 0 spiro atoms. The molecule has 4 heteroatoms. The quantitative estimate of drug-likeness (QED) is 0.762. The molecule has 0 bridgehead atoms. The summed E-state index contributed by atoms with van der Waals surface area (Å²) in [7, 11) is 0. The number of nitrogens with one attached hydrogen (secondary N) is 1. The fourth-order valence-electron chi connectivity index (χ4n) is 3.12. The number of aliphatic hydroxyl groups is 1. The van der Waals surface area contributed by atoms with Crippen LogP contribution in [-0.4, -0.2) is 40.9 Å². The van der Waals surface area contributed by atoms with Crippen LogP contribution in [0.15, 0.2) is 48.5 Å². The van der Waals surface area contributed by atoms with E-state index in [4.69, 9.17) is 0 Å². The van der Waals surface area contributed by atoms with Gasteiger partial charge in [0.05, 0.1) is 6.10 Å². The summed E-state index contributed by atoms with van der Waals surface area (Å²) in [6.07, 6.45) is 0.664. The van der Waals surface area contributed by atoms with E-state index in [0.717, 1.165) is 25.1 Å². The second-order valence-corrected chi connectivity index (χ2v) is 6.21. The second-order valence-electron chi connectivity index (χ2n) is 6.21. The molecule has 0 fully saturated rings. The number of phenols is 1. The highest BCUT2D eigenvalue weighted by Crippen LogP contribution is 2.18. The number of fused-ring (bicyclic) bond motifs is 1. The van der Waals surface area contributed by atoms with E-state index in [0.29, 0.717) is 19.6 Å². The zero-order valence-corrected chi connectivity index (χ0v) is 13.3. The first kappa shape index (κ1) is 16.0. The Morgan fingerprint density at radius 3 is 2.74 bits per heavy atom. The first-order valence-corrected chi connectivity index (χ1v) is 8.16. The maximum Gasteiger partial charge on any atom is 0.115 e. The van der Waals surface area contributed by atoms with Gasteiger partial charge in [-0.05, 0) is 35.2 Å². The lowest BCUT2D eigenvalue weighted by atomic mass is 10.00. The van der Waals surface area contributed by atoms with Crippen LogP contribution < -0.4 is 5.32 Å². The molecule has 1 unspecified atom stereocenters. The molecule has 2 aromatic carbocycles. The summed E-state index contributed by atoms with van der Waals surface area (Å²) in [5, 5.41) is 22.9. The molecule has 1 heterocycles. The van der Waals surface area contributed by atoms with Crippen LogP contribution in [0.25, 0.3) is 0 Å². The van der Waals surface area contributed by atoms with E-state index in [9.17, 15) is 10.2 Å². The predicted molar refractivity (Wildman–Crippen MR) is 91.2 cm³/mol. The van der Waals surface area contributed by atoms with Crippen molar-refractivity contribution in [2.45, 2.75) is 25.6 Å². The molecule has 122 valence electrons. The van der Waals surface area contributed by atoms with E-state index in [-0.39, 0.29) is 5.75 Å². The molecule has 0 saturated carbocycles. The molecule has 0 aliphatic carbocycles. The van der Waals surface area contributed by atoms with E-state index >= 15 is 0 Å². The standard InChI is InChI=1S/C19H24N2O2/c22-18-7-3-4-15(10-18)11-20-12-19(23)14-21-9-8-16-5-1-2-6-17(16)13-21/h1-7,10,19-20,22-23H,8-9,11-14H2. The molecular formula is C19H24N2O2. The first-order chi connectivity index (χ1) is 11.2. The lowest BCUT2D eigenvalue weighted by molar-refractivity contribution is 0.104. The minimum Gasteiger partial charge on any atom is -0.508 e. The number of aromatic hydroxyl groups is 1. The highest BCUT2D eigenvalue weighted by molar-refractivity contribution is 5.29. The van der Waals surface area contributed by atoms with Crippen molar-refractivity contribution >= 4 is 0 Å². The van der Waals surface area contributed by atoms with E-state index < -0.39 is 6.10 Å². The molecule has 4 nitrogen and oxygen atoms in total. The van der Waals surface area contributed by atoms with Crippen LogP contribution in [0.2, 0.25) is 0 Å². The normalized spacial score (nSPS) is 16.0. The van der Waals surface area contributed by atoms with Crippen LogP contribution in [0.4, 0.5) is 0 Å². The van der Waals surface area contributed by atoms with Gasteiger partial charge in [-0.1, -0.05) is 36.4 Å². The summed E-state index contributed by atoms with van der Waals surface area (Å²) in [5.41, 5.74) is 3.82. The molecule has 3 N–H and O–H groups in total. The van der Waals surface area contributed by atoms with Crippen LogP contribution in [0.3, 0.4) is 0 Å². The average Bonchev–Trinajstić information content (AvgIpc) is 2.55. The Balaban J connectivity index is 1.42. The predicted octanol–water partition coefficient (Wildman–Crippen LogP) is 1.90. The minimum atomic E-state index is -0.391. The number of β-amino-alcohol motifs (C(OH)–C–C–N with tert-alkyl or cyclic N) is 1. The zero-order chi connectivity index (χ0) is 16.1. The largest absolute Gasteiger partial charge is 0.508 e. The Hall–Kier alpha value is -1.88. The molecule has 3 rings (SSSR count). The van der Waals surface area contributed by atoms with Gasteiger partial charge in [0, 0.05) is 32.7 Å². The summed E-state index contributed by atoms with van der Waals surface area (Å²) < 4.78 is 0. The summed E-state index contributed by atoms with van der Waals surface area (Å²) in [5.74, 6) is 0.275. The van der Waals surface area contributed by atoms with E-state index in [1.54, 1.807) is 12.1 Å². The maximum absolute atomic E-state index is 10.2. The first-order valence-electron chi connectivity index (χ1n) is 8.16. The SMILES string of the molecule is Oc1cccc(CNCC(O)CN2CCc3ccccc3C2)c1. The smallest absolute Gasteiger partial charge is 0.115 e. The van der Waals surface area contributed by atoms with Gasteiger partial charge in [0.25, 0.3) is 0 Å². The molecule has 0 radical (unpaired) electrons. The zero-order valence-electron chi connectivity index (χ0n) is 13.3. The monoisotopic (exact) mass is 312 g/mol. The van der Waals surface area contributed by atoms with Crippen molar-refractivity contribution in [3.05, 3.63) is 65.2 Å². The number of aliphatic hydroxyl groups excluding tert-OH is 1. The number of rotatable bonds is 6. The number of hydrogen-bond acceptors (Lipinski definition) is 4. The molecule has 1 atom stereocenters. The van der Waals surface area contributed by atoms with Gasteiger partial charge in [0.1, 0.15) is 5.75 Å². The van der Waals surface area contributed by atoms with Crippen molar-refractivity contribution in [1.29, 1.82) is 0 Å². The van der Waals surface area contributed by atoms with Gasteiger partial charge in [-0.3, -0.25) is 4.90 Å². The Morgan fingerprint density at radius 2 is 1.91 bits per heavy atom. The van der Waals surface area contributed by atoms with Gasteiger partial charge < -0.3 is 15.5 Å². The Bertz CT molecular complexity index is 645. The maximum atomic E-state index is 10.2.